The van der Waals surface area contributed by atoms with Crippen molar-refractivity contribution in [2.45, 2.75) is 19.4 Å². The summed E-state index contributed by atoms with van der Waals surface area (Å²) in [4.78, 5) is 15.4. The molecule has 1 fully saturated rings. The fourth-order valence-electron chi connectivity index (χ4n) is 3.43. The average molecular weight is 355 g/mol. The number of rotatable bonds is 6. The van der Waals surface area contributed by atoms with E-state index in [4.69, 9.17) is 0 Å². The molecule has 0 aliphatic carbocycles. The van der Waals surface area contributed by atoms with Crippen LogP contribution in [0.3, 0.4) is 0 Å². The van der Waals surface area contributed by atoms with Crippen LogP contribution in [0.4, 0.5) is 17.3 Å². The Bertz CT molecular complexity index is 721. The molecule has 1 N–H and O–H groups in total. The molecule has 1 saturated heterocycles. The SMILES string of the molecule is CN(C)c1cccc(CN(C)c2cc(N3CCCC(CO)C3)ncn2)c1. The summed E-state index contributed by atoms with van der Waals surface area (Å²) >= 11 is 0. The fraction of sp³-hybridized carbons (Fsp3) is 0.500. The number of hydrogen-bond donors (Lipinski definition) is 1. The van der Waals surface area contributed by atoms with Crippen molar-refractivity contribution in [1.29, 1.82) is 0 Å². The van der Waals surface area contributed by atoms with E-state index in [1.807, 2.05) is 0 Å². The minimum Gasteiger partial charge on any atom is -0.396 e. The summed E-state index contributed by atoms with van der Waals surface area (Å²) in [5.41, 5.74) is 2.44. The number of aliphatic hydroxyl groups excluding tert-OH is 1. The van der Waals surface area contributed by atoms with Crippen molar-refractivity contribution in [3.05, 3.63) is 42.2 Å². The molecule has 1 aromatic carbocycles. The number of hydrogen-bond acceptors (Lipinski definition) is 6. The summed E-state index contributed by atoms with van der Waals surface area (Å²) < 4.78 is 0. The van der Waals surface area contributed by atoms with Crippen LogP contribution in [0.5, 0.6) is 0 Å². The molecule has 6 nitrogen and oxygen atoms in total. The van der Waals surface area contributed by atoms with E-state index >= 15 is 0 Å². The molecule has 140 valence electrons. The van der Waals surface area contributed by atoms with Gasteiger partial charge in [0, 0.05) is 59.1 Å². The maximum Gasteiger partial charge on any atom is 0.134 e. The first kappa shape index (κ1) is 18.5. The van der Waals surface area contributed by atoms with Crippen LogP contribution in [0, 0.1) is 5.92 Å². The highest BCUT2D eigenvalue weighted by Crippen LogP contribution is 2.24. The molecule has 1 atom stereocenters. The predicted molar refractivity (Wildman–Crippen MR) is 107 cm³/mol. The number of nitrogens with zero attached hydrogens (tertiary/aromatic N) is 5. The molecule has 3 rings (SSSR count). The molecular weight excluding hydrogens is 326 g/mol. The maximum absolute atomic E-state index is 9.45. The number of aromatic nitrogens is 2. The summed E-state index contributed by atoms with van der Waals surface area (Å²) in [6, 6.07) is 10.6. The maximum atomic E-state index is 9.45. The minimum atomic E-state index is 0.247. The molecule has 1 unspecified atom stereocenters. The van der Waals surface area contributed by atoms with Crippen molar-refractivity contribution >= 4 is 17.3 Å². The first-order chi connectivity index (χ1) is 12.6. The molecular formula is C20H29N5O. The van der Waals surface area contributed by atoms with Crippen molar-refractivity contribution in [3.8, 4) is 0 Å². The highest BCUT2D eigenvalue weighted by Gasteiger charge is 2.21. The Balaban J connectivity index is 1.72. The molecule has 6 heteroatoms. The lowest BCUT2D eigenvalue weighted by atomic mass is 9.99. The van der Waals surface area contributed by atoms with Crippen LogP contribution in [0.1, 0.15) is 18.4 Å². The number of anilines is 3. The highest BCUT2D eigenvalue weighted by molar-refractivity contribution is 5.52. The molecule has 0 spiro atoms. The fourth-order valence-corrected chi connectivity index (χ4v) is 3.43. The van der Waals surface area contributed by atoms with E-state index in [1.165, 1.54) is 11.3 Å². The number of piperidine rings is 1. The Hall–Kier alpha value is -2.34. The Morgan fingerprint density at radius 1 is 1.19 bits per heavy atom. The van der Waals surface area contributed by atoms with Crippen LogP contribution in [-0.2, 0) is 6.54 Å². The van der Waals surface area contributed by atoms with Gasteiger partial charge in [0.15, 0.2) is 0 Å². The van der Waals surface area contributed by atoms with Crippen molar-refractivity contribution in [2.24, 2.45) is 5.92 Å². The van der Waals surface area contributed by atoms with E-state index < -0.39 is 0 Å². The monoisotopic (exact) mass is 355 g/mol. The lowest BCUT2D eigenvalue weighted by Crippen LogP contribution is -2.37. The molecule has 2 aromatic rings. The largest absolute Gasteiger partial charge is 0.396 e. The van der Waals surface area contributed by atoms with Gasteiger partial charge in [-0.3, -0.25) is 0 Å². The third-order valence-corrected chi connectivity index (χ3v) is 4.98. The van der Waals surface area contributed by atoms with E-state index in [0.717, 1.165) is 44.1 Å². The second kappa shape index (κ2) is 8.36. The average Bonchev–Trinajstić information content (AvgIpc) is 2.68. The van der Waals surface area contributed by atoms with Crippen LogP contribution >= 0.6 is 0 Å². The predicted octanol–water partition coefficient (Wildman–Crippen LogP) is 2.39. The smallest absolute Gasteiger partial charge is 0.134 e. The zero-order valence-electron chi connectivity index (χ0n) is 16.0. The Morgan fingerprint density at radius 3 is 2.81 bits per heavy atom. The second-order valence-corrected chi connectivity index (χ2v) is 7.29. The van der Waals surface area contributed by atoms with Gasteiger partial charge in [0.25, 0.3) is 0 Å². The lowest BCUT2D eigenvalue weighted by Gasteiger charge is -2.33. The van der Waals surface area contributed by atoms with E-state index in [-0.39, 0.29) is 6.61 Å². The molecule has 0 radical (unpaired) electrons. The van der Waals surface area contributed by atoms with Gasteiger partial charge in [0.05, 0.1) is 0 Å². The Kier molecular flexibility index (Phi) is 5.93. The topological polar surface area (TPSA) is 55.7 Å². The molecule has 1 aromatic heterocycles. The van der Waals surface area contributed by atoms with Crippen molar-refractivity contribution in [1.82, 2.24) is 9.97 Å². The summed E-state index contributed by atoms with van der Waals surface area (Å²) in [5.74, 6) is 2.20. The normalized spacial score (nSPS) is 17.2. The summed E-state index contributed by atoms with van der Waals surface area (Å²) in [7, 11) is 6.16. The first-order valence-electron chi connectivity index (χ1n) is 9.22. The Labute approximate surface area is 156 Å². The molecule has 0 saturated carbocycles. The zero-order chi connectivity index (χ0) is 18.5. The van der Waals surface area contributed by atoms with Gasteiger partial charge >= 0.3 is 0 Å². The van der Waals surface area contributed by atoms with Crippen molar-refractivity contribution in [2.75, 3.05) is 55.5 Å². The molecule has 1 aliphatic heterocycles. The number of aliphatic hydroxyl groups is 1. The summed E-state index contributed by atoms with van der Waals surface area (Å²) in [5, 5.41) is 9.45. The van der Waals surface area contributed by atoms with Gasteiger partial charge in [0.2, 0.25) is 0 Å². The van der Waals surface area contributed by atoms with Crippen molar-refractivity contribution in [3.63, 3.8) is 0 Å². The standard InChI is InChI=1S/C20H29N5O/c1-23(2)18-8-4-6-16(10-18)12-24(3)19-11-20(22-15-21-19)25-9-5-7-17(13-25)14-26/h4,6,8,10-11,15,17,26H,5,7,9,12-14H2,1-3H3. The first-order valence-corrected chi connectivity index (χ1v) is 9.22. The molecule has 2 heterocycles. The number of benzene rings is 1. The van der Waals surface area contributed by atoms with Crippen LogP contribution < -0.4 is 14.7 Å². The quantitative estimate of drug-likeness (QED) is 0.859. The zero-order valence-corrected chi connectivity index (χ0v) is 16.0. The van der Waals surface area contributed by atoms with E-state index in [2.05, 4.69) is 76.1 Å². The molecule has 1 aliphatic rings. The highest BCUT2D eigenvalue weighted by atomic mass is 16.3. The van der Waals surface area contributed by atoms with Gasteiger partial charge < -0.3 is 19.8 Å². The van der Waals surface area contributed by atoms with Crippen LogP contribution in [0.15, 0.2) is 36.7 Å². The Morgan fingerprint density at radius 2 is 2.04 bits per heavy atom. The third kappa shape index (κ3) is 4.43. The third-order valence-electron chi connectivity index (χ3n) is 4.98. The van der Waals surface area contributed by atoms with Gasteiger partial charge in [-0.15, -0.1) is 0 Å². The van der Waals surface area contributed by atoms with Crippen LogP contribution in [-0.4, -0.2) is 55.9 Å². The van der Waals surface area contributed by atoms with E-state index in [9.17, 15) is 5.11 Å². The minimum absolute atomic E-state index is 0.247. The van der Waals surface area contributed by atoms with Gasteiger partial charge in [0.1, 0.15) is 18.0 Å². The van der Waals surface area contributed by atoms with Gasteiger partial charge in [-0.1, -0.05) is 12.1 Å². The van der Waals surface area contributed by atoms with Gasteiger partial charge in [-0.2, -0.15) is 0 Å². The molecule has 0 bridgehead atoms. The summed E-state index contributed by atoms with van der Waals surface area (Å²) in [6.45, 7) is 2.89. The second-order valence-electron chi connectivity index (χ2n) is 7.29. The van der Waals surface area contributed by atoms with Crippen molar-refractivity contribution < 1.29 is 5.11 Å². The lowest BCUT2D eigenvalue weighted by molar-refractivity contribution is 0.208. The molecule has 0 amide bonds. The summed E-state index contributed by atoms with van der Waals surface area (Å²) in [6.07, 6.45) is 3.82. The van der Waals surface area contributed by atoms with Crippen LogP contribution in [0.2, 0.25) is 0 Å². The van der Waals surface area contributed by atoms with E-state index in [0.29, 0.717) is 5.92 Å². The molecule has 26 heavy (non-hydrogen) atoms. The van der Waals surface area contributed by atoms with Gasteiger partial charge in [-0.05, 0) is 36.5 Å². The van der Waals surface area contributed by atoms with E-state index in [1.54, 1.807) is 6.33 Å². The van der Waals surface area contributed by atoms with Gasteiger partial charge in [-0.25, -0.2) is 9.97 Å². The van der Waals surface area contributed by atoms with Crippen LogP contribution in [0.25, 0.3) is 0 Å².